The topological polar surface area (TPSA) is 49.9 Å². The summed E-state index contributed by atoms with van der Waals surface area (Å²) in [6.45, 7) is 5.96. The Morgan fingerprint density at radius 2 is 1.72 bits per heavy atom. The van der Waals surface area contributed by atoms with Gasteiger partial charge in [-0.1, -0.05) is 27.2 Å². The second-order valence-electron chi connectivity index (χ2n) is 3.86. The molecule has 1 aromatic carbocycles. The van der Waals surface area contributed by atoms with Gasteiger partial charge in [0.25, 0.3) is 0 Å². The summed E-state index contributed by atoms with van der Waals surface area (Å²) in [5, 5.41) is 7.64. The molecule has 1 aromatic rings. The molecule has 0 saturated heterocycles. The average molecular weight is 256 g/mol. The molecule has 0 radical (unpaired) electrons. The molecule has 0 amide bonds. The summed E-state index contributed by atoms with van der Waals surface area (Å²) < 4.78 is 25.8. The maximum Gasteiger partial charge on any atom is 0.126 e. The molecule has 0 spiro atoms. The number of hydrogen-bond acceptors (Lipinski definition) is 2. The lowest BCUT2D eigenvalue weighted by atomic mass is 10.00. The normalized spacial score (nSPS) is 11.4. The first-order valence-corrected chi connectivity index (χ1v) is 6.30. The van der Waals surface area contributed by atoms with Gasteiger partial charge in [0.2, 0.25) is 0 Å². The fraction of sp³-hybridized carbons (Fsp3) is 0.500. The summed E-state index contributed by atoms with van der Waals surface area (Å²) in [5.74, 6) is -1.21. The molecule has 0 aliphatic rings. The fourth-order valence-corrected chi connectivity index (χ4v) is 1.56. The van der Waals surface area contributed by atoms with Crippen molar-refractivity contribution in [1.82, 2.24) is 0 Å². The highest BCUT2D eigenvalue weighted by Crippen LogP contribution is 2.10. The van der Waals surface area contributed by atoms with E-state index < -0.39 is 17.7 Å². The second-order valence-corrected chi connectivity index (χ2v) is 3.86. The van der Waals surface area contributed by atoms with Gasteiger partial charge in [-0.3, -0.25) is 0 Å². The van der Waals surface area contributed by atoms with Gasteiger partial charge in [0.15, 0.2) is 0 Å². The highest BCUT2D eigenvalue weighted by atomic mass is 19.1. The van der Waals surface area contributed by atoms with Crippen LogP contribution in [0.15, 0.2) is 18.2 Å². The van der Waals surface area contributed by atoms with E-state index >= 15 is 0 Å². The van der Waals surface area contributed by atoms with E-state index in [1.165, 1.54) is 12.1 Å². The van der Waals surface area contributed by atoms with Crippen LogP contribution in [-0.2, 0) is 6.42 Å². The number of nitrogens with one attached hydrogen (secondary N) is 1. The Hall–Kier alpha value is -1.29. The predicted molar refractivity (Wildman–Crippen MR) is 72.0 cm³/mol. The van der Waals surface area contributed by atoms with Crippen molar-refractivity contribution in [2.45, 2.75) is 46.1 Å². The lowest BCUT2D eigenvalue weighted by molar-refractivity contribution is 0.578. The highest BCUT2D eigenvalue weighted by Gasteiger charge is 2.10. The molecule has 0 heterocycles. The molecular weight excluding hydrogens is 234 g/mol. The van der Waals surface area contributed by atoms with Gasteiger partial charge < -0.3 is 11.1 Å². The van der Waals surface area contributed by atoms with Crippen LogP contribution in [0.5, 0.6) is 0 Å². The van der Waals surface area contributed by atoms with Gasteiger partial charge in [0, 0.05) is 17.8 Å². The number of halogens is 2. The van der Waals surface area contributed by atoms with E-state index in [1.54, 1.807) is 0 Å². The first-order chi connectivity index (χ1) is 8.52. The van der Waals surface area contributed by atoms with Crippen molar-refractivity contribution in [2.75, 3.05) is 0 Å². The monoisotopic (exact) mass is 256 g/mol. The van der Waals surface area contributed by atoms with E-state index in [0.717, 1.165) is 12.5 Å². The summed E-state index contributed by atoms with van der Waals surface area (Å²) in [4.78, 5) is 0. The van der Waals surface area contributed by atoms with Gasteiger partial charge in [0.05, 0.1) is 0 Å². The molecule has 0 aromatic heterocycles. The van der Waals surface area contributed by atoms with Crippen LogP contribution in [-0.4, -0.2) is 11.8 Å². The molecule has 102 valence electrons. The van der Waals surface area contributed by atoms with E-state index in [1.807, 2.05) is 20.8 Å². The van der Waals surface area contributed by atoms with E-state index in [-0.39, 0.29) is 0 Å². The lowest BCUT2D eigenvalue weighted by Gasteiger charge is -2.12. The molecule has 0 aliphatic heterocycles. The average Bonchev–Trinajstić information content (AvgIpc) is 2.30. The van der Waals surface area contributed by atoms with Crippen LogP contribution in [0.1, 0.15) is 39.2 Å². The molecule has 0 bridgehead atoms. The highest BCUT2D eigenvalue weighted by molar-refractivity contribution is 5.86. The third-order valence-corrected chi connectivity index (χ3v) is 2.34. The van der Waals surface area contributed by atoms with Crippen LogP contribution in [0.4, 0.5) is 8.78 Å². The Balaban J connectivity index is 0.00000137. The number of rotatable bonds is 5. The maximum atomic E-state index is 12.9. The Bertz CT molecular complexity index is 358. The van der Waals surface area contributed by atoms with Crippen molar-refractivity contribution < 1.29 is 8.78 Å². The standard InChI is InChI=1S/C12H16F2N2.C2H6/c1-2-3-11(15)12(16)6-8-4-9(13)7-10(14)5-8;1-2/h4-5,7,12,15H,2-3,6,16H2,1H3;1-2H3/t12-;/m0./s1. The molecule has 1 rings (SSSR count). The Morgan fingerprint density at radius 1 is 1.22 bits per heavy atom. The van der Waals surface area contributed by atoms with Gasteiger partial charge in [0.1, 0.15) is 11.6 Å². The molecule has 0 aliphatic carbocycles. The third kappa shape index (κ3) is 5.87. The van der Waals surface area contributed by atoms with Crippen LogP contribution < -0.4 is 5.73 Å². The number of benzene rings is 1. The van der Waals surface area contributed by atoms with Gasteiger partial charge in [-0.05, 0) is 30.5 Å². The van der Waals surface area contributed by atoms with Crippen LogP contribution in [0.3, 0.4) is 0 Å². The van der Waals surface area contributed by atoms with E-state index in [4.69, 9.17) is 11.1 Å². The molecule has 2 nitrogen and oxygen atoms in total. The Kier molecular flexibility index (Phi) is 8.12. The van der Waals surface area contributed by atoms with Crippen molar-refractivity contribution >= 4 is 5.71 Å². The third-order valence-electron chi connectivity index (χ3n) is 2.34. The minimum absolute atomic E-state index is 0.299. The van der Waals surface area contributed by atoms with Crippen molar-refractivity contribution in [3.63, 3.8) is 0 Å². The zero-order valence-electron chi connectivity index (χ0n) is 11.3. The van der Waals surface area contributed by atoms with Gasteiger partial charge in [-0.25, -0.2) is 8.78 Å². The molecule has 0 fully saturated rings. The summed E-state index contributed by atoms with van der Waals surface area (Å²) in [6.07, 6.45) is 1.77. The zero-order valence-corrected chi connectivity index (χ0v) is 11.3. The van der Waals surface area contributed by atoms with Gasteiger partial charge in [-0.15, -0.1) is 0 Å². The number of hydrogen-bond donors (Lipinski definition) is 2. The first kappa shape index (κ1) is 16.7. The molecule has 1 atom stereocenters. The molecule has 0 saturated carbocycles. The molecule has 18 heavy (non-hydrogen) atoms. The Labute approximate surface area is 108 Å². The van der Waals surface area contributed by atoms with Crippen LogP contribution in [0.2, 0.25) is 0 Å². The van der Waals surface area contributed by atoms with Gasteiger partial charge >= 0.3 is 0 Å². The largest absolute Gasteiger partial charge is 0.323 e. The fourth-order valence-electron chi connectivity index (χ4n) is 1.56. The van der Waals surface area contributed by atoms with E-state index in [2.05, 4.69) is 0 Å². The summed E-state index contributed by atoms with van der Waals surface area (Å²) >= 11 is 0. The molecule has 4 heteroatoms. The SMILES string of the molecule is CC.CCCC(=N)[C@@H](N)Cc1cc(F)cc(F)c1. The molecule has 3 N–H and O–H groups in total. The molecular formula is C14H22F2N2. The van der Waals surface area contributed by atoms with Crippen LogP contribution in [0, 0.1) is 17.0 Å². The summed E-state index contributed by atoms with van der Waals surface area (Å²) in [7, 11) is 0. The summed E-state index contributed by atoms with van der Waals surface area (Å²) in [5.41, 5.74) is 6.68. The first-order valence-electron chi connectivity index (χ1n) is 6.30. The smallest absolute Gasteiger partial charge is 0.126 e. The predicted octanol–water partition coefficient (Wildman–Crippen LogP) is 3.68. The summed E-state index contributed by atoms with van der Waals surface area (Å²) in [6, 6.07) is 2.87. The van der Waals surface area contributed by atoms with Gasteiger partial charge in [-0.2, -0.15) is 0 Å². The van der Waals surface area contributed by atoms with E-state index in [9.17, 15) is 8.78 Å². The minimum atomic E-state index is -0.607. The Morgan fingerprint density at radius 3 is 2.17 bits per heavy atom. The van der Waals surface area contributed by atoms with Crippen LogP contribution in [0.25, 0.3) is 0 Å². The molecule has 0 unspecified atom stereocenters. The van der Waals surface area contributed by atoms with Crippen molar-refractivity contribution in [3.05, 3.63) is 35.4 Å². The van der Waals surface area contributed by atoms with Crippen molar-refractivity contribution in [1.29, 1.82) is 5.41 Å². The van der Waals surface area contributed by atoms with Crippen molar-refractivity contribution in [3.8, 4) is 0 Å². The van der Waals surface area contributed by atoms with Crippen molar-refractivity contribution in [2.24, 2.45) is 5.73 Å². The van der Waals surface area contributed by atoms with Crippen LogP contribution >= 0.6 is 0 Å². The zero-order chi connectivity index (χ0) is 14.1. The number of nitrogens with two attached hydrogens (primary N) is 1. The second kappa shape index (κ2) is 8.75. The van der Waals surface area contributed by atoms with E-state index in [0.29, 0.717) is 24.1 Å². The lowest BCUT2D eigenvalue weighted by Crippen LogP contribution is -2.32. The minimum Gasteiger partial charge on any atom is -0.323 e. The quantitative estimate of drug-likeness (QED) is 0.776. The maximum absolute atomic E-state index is 12.9.